The van der Waals surface area contributed by atoms with Crippen molar-refractivity contribution in [3.05, 3.63) is 48.5 Å². The number of benzene rings is 2. The van der Waals surface area contributed by atoms with E-state index < -0.39 is 7.92 Å². The van der Waals surface area contributed by atoms with Gasteiger partial charge in [-0.1, -0.05) is 49.2 Å². The first-order valence-corrected chi connectivity index (χ1v) is 18.3. The van der Waals surface area contributed by atoms with Crippen LogP contribution < -0.4 is 10.2 Å². The van der Waals surface area contributed by atoms with Gasteiger partial charge in [-0.25, -0.2) is 0 Å². The molecule has 2 fully saturated rings. The summed E-state index contributed by atoms with van der Waals surface area (Å²) in [7, 11) is 5.04. The van der Waals surface area contributed by atoms with E-state index in [-0.39, 0.29) is 0 Å². The zero-order chi connectivity index (χ0) is 22.1. The Morgan fingerprint density at radius 1 is 0.710 bits per heavy atom. The number of hydrogen-bond donors (Lipinski definition) is 0. The Morgan fingerprint density at radius 3 is 1.68 bits per heavy atom. The third-order valence-electron chi connectivity index (χ3n) is 7.00. The van der Waals surface area contributed by atoms with Crippen molar-refractivity contribution in [1.82, 2.24) is 0 Å². The van der Waals surface area contributed by atoms with Crippen LogP contribution >= 0.6 is 36.4 Å². The zero-order valence-electron chi connectivity index (χ0n) is 18.9. The molecule has 2 aliphatic carbocycles. The molecule has 1 nitrogen and oxygen atoms in total. The summed E-state index contributed by atoms with van der Waals surface area (Å²) in [5, 5.41) is 1.74. The molecule has 0 saturated heterocycles. The van der Waals surface area contributed by atoms with Crippen molar-refractivity contribution >= 4 is 47.4 Å². The molecule has 0 aromatic heterocycles. The topological polar surface area (TPSA) is 3.24 Å². The van der Waals surface area contributed by atoms with Gasteiger partial charge >= 0.3 is 39.3 Å². The fourth-order valence-electron chi connectivity index (χ4n) is 5.66. The van der Waals surface area contributed by atoms with E-state index in [9.17, 15) is 0 Å². The predicted molar refractivity (Wildman–Crippen MR) is 146 cm³/mol. The quantitative estimate of drug-likeness (QED) is 0.241. The molecule has 0 atom stereocenters. The molecule has 0 spiro atoms. The molecular formula is C26H37Br2NNiP+2. The predicted octanol–water partition coefficient (Wildman–Crippen LogP) is 8.61. The SMILES string of the molecule is CN(C)c1ccccc1-c1ccccc1[PH+](C1CCCCC1)C1CCCCC1.[Br][Ni+][Br]. The first kappa shape index (κ1) is 25.7. The van der Waals surface area contributed by atoms with E-state index in [1.807, 2.05) is 0 Å². The molecule has 2 aromatic rings. The number of rotatable bonds is 5. The maximum absolute atomic E-state index is 3.00. The van der Waals surface area contributed by atoms with Gasteiger partial charge in [0.2, 0.25) is 0 Å². The maximum atomic E-state index is 3.00. The Morgan fingerprint density at radius 2 is 1.16 bits per heavy atom. The van der Waals surface area contributed by atoms with Crippen LogP contribution in [0.1, 0.15) is 64.2 Å². The molecule has 0 heterocycles. The van der Waals surface area contributed by atoms with Crippen LogP contribution in [0.4, 0.5) is 5.69 Å². The van der Waals surface area contributed by atoms with E-state index in [2.05, 4.69) is 96.0 Å². The molecule has 0 bridgehead atoms. The molecule has 0 radical (unpaired) electrons. The fourth-order valence-corrected chi connectivity index (χ4v) is 10.1. The van der Waals surface area contributed by atoms with Crippen molar-refractivity contribution < 1.29 is 10.9 Å². The van der Waals surface area contributed by atoms with Crippen LogP contribution in [0.5, 0.6) is 0 Å². The molecule has 0 aliphatic heterocycles. The van der Waals surface area contributed by atoms with Gasteiger partial charge in [0.1, 0.15) is 0 Å². The number of anilines is 1. The van der Waals surface area contributed by atoms with E-state index in [0.29, 0.717) is 0 Å². The van der Waals surface area contributed by atoms with Crippen molar-refractivity contribution in [2.45, 2.75) is 75.5 Å². The molecule has 0 N–H and O–H groups in total. The Hall–Kier alpha value is 0.124. The first-order valence-electron chi connectivity index (χ1n) is 11.7. The first-order chi connectivity index (χ1) is 15.2. The monoisotopic (exact) mass is 610 g/mol. The van der Waals surface area contributed by atoms with Gasteiger partial charge in [-0.15, -0.1) is 0 Å². The molecule has 31 heavy (non-hydrogen) atoms. The molecule has 173 valence electrons. The second kappa shape index (κ2) is 13.7. The Bertz CT molecular complexity index is 770. The van der Waals surface area contributed by atoms with Crippen LogP contribution in [-0.4, -0.2) is 25.4 Å². The molecule has 2 aliphatic rings. The second-order valence-electron chi connectivity index (χ2n) is 9.13. The average molecular weight is 613 g/mol. The molecule has 5 heteroatoms. The standard InChI is InChI=1S/C26H36NP.2BrH.Ni/c1-27(2)25-19-11-9-17-23(25)24-18-10-12-20-26(24)28(21-13-5-3-6-14-21)22-15-7-4-8-16-22;;;/h9-12,17-22H,3-8,13-16H2,1-2H3;2*1H;/q;;;+3/p-1. The summed E-state index contributed by atoms with van der Waals surface area (Å²) in [4.78, 5) is 2.28. The van der Waals surface area contributed by atoms with Crippen molar-refractivity contribution in [1.29, 1.82) is 0 Å². The van der Waals surface area contributed by atoms with Gasteiger partial charge < -0.3 is 4.90 Å². The number of para-hydroxylation sites is 1. The van der Waals surface area contributed by atoms with Crippen molar-refractivity contribution in [2.75, 3.05) is 19.0 Å². The summed E-state index contributed by atoms with van der Waals surface area (Å²) in [5.74, 6) is 0. The Labute approximate surface area is 211 Å². The Kier molecular flexibility index (Phi) is 11.4. The Balaban J connectivity index is 0.000000858. The van der Waals surface area contributed by atoms with Crippen LogP contribution in [0.15, 0.2) is 48.5 Å². The molecule has 2 aromatic carbocycles. The van der Waals surface area contributed by atoms with Crippen molar-refractivity contribution in [3.8, 4) is 11.1 Å². The van der Waals surface area contributed by atoms with Gasteiger partial charge in [0, 0.05) is 38.8 Å². The van der Waals surface area contributed by atoms with E-state index in [1.165, 1.54) is 91.9 Å². The number of halogens is 2. The zero-order valence-corrected chi connectivity index (χ0v) is 24.0. The van der Waals surface area contributed by atoms with Crippen molar-refractivity contribution in [2.24, 2.45) is 0 Å². The minimum absolute atomic E-state index is 0.561. The minimum atomic E-state index is -0.561. The summed E-state index contributed by atoms with van der Waals surface area (Å²) in [5.41, 5.74) is 6.27. The van der Waals surface area contributed by atoms with E-state index in [1.54, 1.807) is 5.30 Å². The molecule has 4 rings (SSSR count). The summed E-state index contributed by atoms with van der Waals surface area (Å²) in [6, 6.07) is 18.5. The number of nitrogens with zero attached hydrogens (tertiary/aromatic N) is 1. The molecule has 0 amide bonds. The summed E-state index contributed by atoms with van der Waals surface area (Å²) >= 11 is 6.00. The van der Waals surface area contributed by atoms with Crippen LogP contribution in [-0.2, 0) is 10.9 Å². The third kappa shape index (κ3) is 7.05. The van der Waals surface area contributed by atoms with Crippen LogP contribution in [0.3, 0.4) is 0 Å². The third-order valence-corrected chi connectivity index (χ3v) is 11.0. The molecule has 0 unspecified atom stereocenters. The van der Waals surface area contributed by atoms with Gasteiger partial charge in [0.25, 0.3) is 0 Å². The van der Waals surface area contributed by atoms with Gasteiger partial charge in [0.15, 0.2) is 0 Å². The van der Waals surface area contributed by atoms with E-state index >= 15 is 0 Å². The van der Waals surface area contributed by atoms with E-state index in [0.717, 1.165) is 11.3 Å². The van der Waals surface area contributed by atoms with Gasteiger partial charge in [-0.2, -0.15) is 0 Å². The van der Waals surface area contributed by atoms with Gasteiger partial charge in [0.05, 0.1) is 16.6 Å². The van der Waals surface area contributed by atoms with Gasteiger partial charge in [-0.3, -0.25) is 0 Å². The summed E-state index contributed by atoms with van der Waals surface area (Å²) < 4.78 is 0. The van der Waals surface area contributed by atoms with Crippen molar-refractivity contribution in [3.63, 3.8) is 0 Å². The summed E-state index contributed by atoms with van der Waals surface area (Å²) in [6.45, 7) is 0. The second-order valence-corrected chi connectivity index (χ2v) is 17.2. The molecular weight excluding hydrogens is 576 g/mol. The van der Waals surface area contributed by atoms with Crippen LogP contribution in [0, 0.1) is 0 Å². The summed E-state index contributed by atoms with van der Waals surface area (Å²) in [6.07, 6.45) is 14.7. The normalized spacial score (nSPS) is 18.0. The number of hydrogen-bond acceptors (Lipinski definition) is 1. The van der Waals surface area contributed by atoms with Crippen LogP contribution in [0.2, 0.25) is 0 Å². The van der Waals surface area contributed by atoms with Gasteiger partial charge in [-0.05, 0) is 63.5 Å². The van der Waals surface area contributed by atoms with E-state index in [4.69, 9.17) is 0 Å². The fraction of sp³-hybridized carbons (Fsp3) is 0.538. The molecule has 2 saturated carbocycles. The van der Waals surface area contributed by atoms with Crippen LogP contribution in [0.25, 0.3) is 11.1 Å². The average Bonchev–Trinajstić information content (AvgIpc) is 2.82.